The van der Waals surface area contributed by atoms with Crippen molar-refractivity contribution in [2.24, 2.45) is 0 Å². The van der Waals surface area contributed by atoms with Gasteiger partial charge in [-0.1, -0.05) is 0 Å². The highest BCUT2D eigenvalue weighted by molar-refractivity contribution is 5.72. The Morgan fingerprint density at radius 1 is 1.83 bits per heavy atom. The van der Waals surface area contributed by atoms with Crippen LogP contribution in [0.1, 0.15) is 6.92 Å². The summed E-state index contributed by atoms with van der Waals surface area (Å²) < 4.78 is 21.9. The Bertz CT molecular complexity index is 59.8. The van der Waals surface area contributed by atoms with Crippen LogP contribution in [0.4, 0.5) is 8.78 Å². The summed E-state index contributed by atoms with van der Waals surface area (Å²) in [5.74, 6) is 0. The van der Waals surface area contributed by atoms with Crippen molar-refractivity contribution in [3.8, 4) is 0 Å². The molecule has 0 aliphatic carbocycles. The van der Waals surface area contributed by atoms with Gasteiger partial charge in [0.05, 0.1) is 0 Å². The van der Waals surface area contributed by atoms with Gasteiger partial charge in [0.15, 0.2) is 6.17 Å². The maximum Gasteiger partial charge on any atom is 0.335 e. The molecule has 1 atom stereocenters. The zero-order valence-corrected chi connectivity index (χ0v) is 3.24. The summed E-state index contributed by atoms with van der Waals surface area (Å²) in [5.41, 5.74) is 0. The first-order valence-corrected chi connectivity index (χ1v) is 1.48. The molecular weight excluding hydrogens is 90.0 g/mol. The molecule has 0 aromatic rings. The molecule has 1 unspecified atom stereocenters. The van der Waals surface area contributed by atoms with Gasteiger partial charge in [-0.3, -0.25) is 4.79 Å². The number of carbonyl (C=O) groups excluding carboxylic acids is 1. The summed E-state index contributed by atoms with van der Waals surface area (Å²) in [6.07, 6.45) is -1.95. The van der Waals surface area contributed by atoms with E-state index in [2.05, 4.69) is 0 Å². The molecule has 0 heterocycles. The minimum Gasteiger partial charge on any atom is -0.258 e. The molecule has 0 rings (SSSR count). The van der Waals surface area contributed by atoms with Crippen molar-refractivity contribution in [3.05, 3.63) is 0 Å². The Morgan fingerprint density at radius 3 is 2.00 bits per heavy atom. The molecule has 6 heavy (non-hydrogen) atoms. The van der Waals surface area contributed by atoms with E-state index in [0.29, 0.717) is 0 Å². The highest BCUT2D eigenvalue weighted by Gasteiger charge is 2.06. The van der Waals surface area contributed by atoms with Gasteiger partial charge in [-0.05, 0) is 6.92 Å². The van der Waals surface area contributed by atoms with Gasteiger partial charge in [-0.15, -0.1) is 0 Å². The smallest absolute Gasteiger partial charge is 0.258 e. The molecule has 0 aromatic heterocycles. The van der Waals surface area contributed by atoms with E-state index in [-0.39, 0.29) is 0 Å². The maximum atomic E-state index is 11.1. The zero-order chi connectivity index (χ0) is 5.15. The highest BCUT2D eigenvalue weighted by atomic mass is 19.2. The van der Waals surface area contributed by atoms with Crippen LogP contribution in [-0.4, -0.2) is 12.2 Å². The van der Waals surface area contributed by atoms with E-state index >= 15 is 0 Å². The minimum atomic E-state index is -1.95. The maximum absolute atomic E-state index is 11.1. The van der Waals surface area contributed by atoms with Crippen molar-refractivity contribution in [2.75, 3.05) is 0 Å². The second-order valence-electron chi connectivity index (χ2n) is 0.920. The van der Waals surface area contributed by atoms with Crippen LogP contribution in [0.15, 0.2) is 0 Å². The number of alkyl halides is 1. The number of hydrogen-bond acceptors (Lipinski definition) is 1. The third-order valence-electron chi connectivity index (χ3n) is 0.313. The lowest BCUT2D eigenvalue weighted by Gasteiger charge is -1.82. The molecule has 0 radical (unpaired) electrons. The van der Waals surface area contributed by atoms with Crippen molar-refractivity contribution < 1.29 is 13.6 Å². The van der Waals surface area contributed by atoms with Gasteiger partial charge in [-0.25, -0.2) is 4.39 Å². The Kier molecular flexibility index (Phi) is 1.70. The molecule has 36 valence electrons. The van der Waals surface area contributed by atoms with Crippen LogP contribution in [-0.2, 0) is 4.79 Å². The van der Waals surface area contributed by atoms with E-state index in [1.807, 2.05) is 0 Å². The molecule has 0 saturated carbocycles. The van der Waals surface area contributed by atoms with E-state index in [1.165, 1.54) is 0 Å². The fourth-order valence-electron chi connectivity index (χ4n) is 0. The predicted molar refractivity (Wildman–Crippen MR) is 16.7 cm³/mol. The van der Waals surface area contributed by atoms with Crippen molar-refractivity contribution in [2.45, 2.75) is 13.1 Å². The summed E-state index contributed by atoms with van der Waals surface area (Å²) in [6, 6.07) is -1.91. The zero-order valence-electron chi connectivity index (χ0n) is 3.24. The first-order valence-electron chi connectivity index (χ1n) is 1.48. The van der Waals surface area contributed by atoms with Crippen LogP contribution in [0, 0.1) is 0 Å². The molecule has 0 aromatic carbocycles. The van der Waals surface area contributed by atoms with Crippen molar-refractivity contribution >= 4 is 6.04 Å². The molecule has 0 N–H and O–H groups in total. The Labute approximate surface area is 34.0 Å². The molecule has 1 nitrogen and oxygen atoms in total. The van der Waals surface area contributed by atoms with Gasteiger partial charge in [0.1, 0.15) is 0 Å². The molecule has 0 aliphatic rings. The standard InChI is InChI=1S/C3H4F2O/c1-2(4)3(5)6/h2H,1H3. The van der Waals surface area contributed by atoms with Crippen LogP contribution >= 0.6 is 0 Å². The molecular formula is C3H4F2O. The molecule has 0 fully saturated rings. The third kappa shape index (κ3) is 1.81. The highest BCUT2D eigenvalue weighted by Crippen LogP contribution is 1.88. The summed E-state index contributed by atoms with van der Waals surface area (Å²) in [4.78, 5) is 9.10. The first-order chi connectivity index (χ1) is 2.64. The normalized spacial score (nSPS) is 13.8. The van der Waals surface area contributed by atoms with Crippen LogP contribution in [0.3, 0.4) is 0 Å². The topological polar surface area (TPSA) is 17.1 Å². The average Bonchev–Trinajstić information content (AvgIpc) is 1.36. The minimum absolute atomic E-state index is 0.850. The molecule has 0 aliphatic heterocycles. The SMILES string of the molecule is CC(F)C(=O)F. The number of rotatable bonds is 1. The van der Waals surface area contributed by atoms with Crippen LogP contribution in [0.2, 0.25) is 0 Å². The fraction of sp³-hybridized carbons (Fsp3) is 0.667. The Morgan fingerprint density at radius 2 is 2.00 bits per heavy atom. The molecule has 0 bridgehead atoms. The quantitative estimate of drug-likeness (QED) is 0.440. The summed E-state index contributed by atoms with van der Waals surface area (Å²) in [5, 5.41) is 0. The average molecular weight is 94.1 g/mol. The number of hydrogen-bond donors (Lipinski definition) is 0. The lowest BCUT2D eigenvalue weighted by Crippen LogP contribution is -2.02. The van der Waals surface area contributed by atoms with Gasteiger partial charge in [-0.2, -0.15) is 4.39 Å². The Hall–Kier alpha value is -0.470. The van der Waals surface area contributed by atoms with Gasteiger partial charge in [0, 0.05) is 0 Å². The molecule has 0 saturated heterocycles. The van der Waals surface area contributed by atoms with E-state index in [9.17, 15) is 8.78 Å². The van der Waals surface area contributed by atoms with Crippen molar-refractivity contribution in [1.29, 1.82) is 0 Å². The largest absolute Gasteiger partial charge is 0.335 e. The van der Waals surface area contributed by atoms with Crippen molar-refractivity contribution in [3.63, 3.8) is 0 Å². The van der Waals surface area contributed by atoms with Gasteiger partial charge < -0.3 is 0 Å². The second kappa shape index (κ2) is 1.85. The van der Waals surface area contributed by atoms with E-state index in [1.54, 1.807) is 0 Å². The van der Waals surface area contributed by atoms with Gasteiger partial charge in [0.2, 0.25) is 0 Å². The van der Waals surface area contributed by atoms with Crippen LogP contribution in [0.5, 0.6) is 0 Å². The monoisotopic (exact) mass is 94.0 g/mol. The number of halogens is 2. The van der Waals surface area contributed by atoms with Gasteiger partial charge in [0.25, 0.3) is 0 Å². The summed E-state index contributed by atoms with van der Waals surface area (Å²) in [7, 11) is 0. The second-order valence-corrected chi connectivity index (χ2v) is 0.920. The lowest BCUT2D eigenvalue weighted by atomic mass is 10.5. The van der Waals surface area contributed by atoms with Crippen LogP contribution < -0.4 is 0 Å². The predicted octanol–water partition coefficient (Wildman–Crippen LogP) is 0.841. The summed E-state index contributed by atoms with van der Waals surface area (Å²) >= 11 is 0. The fourth-order valence-corrected chi connectivity index (χ4v) is 0. The first kappa shape index (κ1) is 5.53. The van der Waals surface area contributed by atoms with E-state index in [0.717, 1.165) is 6.92 Å². The van der Waals surface area contributed by atoms with Gasteiger partial charge >= 0.3 is 6.04 Å². The lowest BCUT2D eigenvalue weighted by molar-refractivity contribution is -0.133. The summed E-state index contributed by atoms with van der Waals surface area (Å²) in [6.45, 7) is 0.850. The number of carbonyl (C=O) groups is 1. The molecule has 0 amide bonds. The van der Waals surface area contributed by atoms with Crippen molar-refractivity contribution in [1.82, 2.24) is 0 Å². The van der Waals surface area contributed by atoms with E-state index < -0.39 is 12.2 Å². The van der Waals surface area contributed by atoms with E-state index in [4.69, 9.17) is 4.79 Å². The van der Waals surface area contributed by atoms with Crippen LogP contribution in [0.25, 0.3) is 0 Å². The Balaban J connectivity index is 3.26. The third-order valence-corrected chi connectivity index (χ3v) is 0.313. The molecule has 0 spiro atoms. The molecule has 3 heteroatoms.